The molecule has 0 aliphatic rings. The maximum absolute atomic E-state index is 12.6. The molecule has 5 nitrogen and oxygen atoms in total. The molecule has 0 bridgehead atoms. The first-order chi connectivity index (χ1) is 9.59. The van der Waals surface area contributed by atoms with Crippen molar-refractivity contribution >= 4 is 10.0 Å². The van der Waals surface area contributed by atoms with Crippen molar-refractivity contribution < 1.29 is 17.9 Å². The normalized spacial score (nSPS) is 11.9. The lowest BCUT2D eigenvalue weighted by Crippen LogP contribution is -2.21. The van der Waals surface area contributed by atoms with Gasteiger partial charge in [0.25, 0.3) is 10.0 Å². The first-order valence-electron chi connectivity index (χ1n) is 6.12. The minimum Gasteiger partial charge on any atom is -0.356 e. The van der Waals surface area contributed by atoms with E-state index in [9.17, 15) is 8.42 Å². The second-order valence-corrected chi connectivity index (χ2v) is 6.03. The van der Waals surface area contributed by atoms with Gasteiger partial charge in [-0.15, -0.1) is 0 Å². The van der Waals surface area contributed by atoms with Gasteiger partial charge in [0, 0.05) is 32.5 Å². The quantitative estimate of drug-likeness (QED) is 0.764. The van der Waals surface area contributed by atoms with Gasteiger partial charge in [-0.1, -0.05) is 18.2 Å². The SMILES string of the molecule is COC(Cc1cccn1S(=O)(=O)c1ccccc1)OC. The highest BCUT2D eigenvalue weighted by Gasteiger charge is 2.20. The number of nitrogens with zero attached hydrogens (tertiary/aromatic N) is 1. The van der Waals surface area contributed by atoms with E-state index in [0.717, 1.165) is 0 Å². The molecule has 0 radical (unpaired) electrons. The number of ether oxygens (including phenoxy) is 2. The Morgan fingerprint density at radius 1 is 1.05 bits per heavy atom. The molecule has 2 rings (SSSR count). The van der Waals surface area contributed by atoms with Crippen LogP contribution in [-0.2, 0) is 25.9 Å². The molecule has 0 aliphatic carbocycles. The molecule has 0 aliphatic heterocycles. The molecule has 20 heavy (non-hydrogen) atoms. The van der Waals surface area contributed by atoms with Crippen LogP contribution in [0.3, 0.4) is 0 Å². The van der Waals surface area contributed by atoms with E-state index in [0.29, 0.717) is 12.1 Å². The molecule has 6 heteroatoms. The number of rotatable bonds is 6. The van der Waals surface area contributed by atoms with Crippen LogP contribution < -0.4 is 0 Å². The predicted molar refractivity (Wildman–Crippen MR) is 75.0 cm³/mol. The summed E-state index contributed by atoms with van der Waals surface area (Å²) >= 11 is 0. The number of hydrogen-bond donors (Lipinski definition) is 0. The average Bonchev–Trinajstić information content (AvgIpc) is 2.94. The largest absolute Gasteiger partial charge is 0.356 e. The maximum Gasteiger partial charge on any atom is 0.267 e. The standard InChI is InChI=1S/C14H17NO4S/c1-18-14(19-2)11-12-7-6-10-15(12)20(16,17)13-8-4-3-5-9-13/h3-10,14H,11H2,1-2H3. The summed E-state index contributed by atoms with van der Waals surface area (Å²) in [5, 5.41) is 0. The zero-order valence-electron chi connectivity index (χ0n) is 11.4. The monoisotopic (exact) mass is 295 g/mol. The molecule has 1 aromatic carbocycles. The Hall–Kier alpha value is -1.63. The molecule has 0 N–H and O–H groups in total. The number of hydrogen-bond acceptors (Lipinski definition) is 4. The third-order valence-electron chi connectivity index (χ3n) is 2.99. The molecule has 2 aromatic rings. The van der Waals surface area contributed by atoms with E-state index in [1.807, 2.05) is 0 Å². The van der Waals surface area contributed by atoms with Gasteiger partial charge in [0.05, 0.1) is 4.90 Å². The molecule has 108 valence electrons. The summed E-state index contributed by atoms with van der Waals surface area (Å²) in [6, 6.07) is 11.8. The molecule has 1 aromatic heterocycles. The summed E-state index contributed by atoms with van der Waals surface area (Å²) in [7, 11) is -0.541. The lowest BCUT2D eigenvalue weighted by atomic mass is 10.3. The highest BCUT2D eigenvalue weighted by molar-refractivity contribution is 7.90. The Labute approximate surface area is 118 Å². The molecule has 0 fully saturated rings. The van der Waals surface area contributed by atoms with E-state index in [1.165, 1.54) is 24.4 Å². The second kappa shape index (κ2) is 6.21. The fourth-order valence-corrected chi connectivity index (χ4v) is 3.34. The number of aromatic nitrogens is 1. The summed E-state index contributed by atoms with van der Waals surface area (Å²) in [5.74, 6) is 0. The Morgan fingerprint density at radius 3 is 2.30 bits per heavy atom. The van der Waals surface area contributed by atoms with E-state index < -0.39 is 16.3 Å². The maximum atomic E-state index is 12.6. The molecule has 0 saturated heterocycles. The van der Waals surface area contributed by atoms with Gasteiger partial charge in [-0.05, 0) is 24.3 Å². The van der Waals surface area contributed by atoms with Crippen LogP contribution in [0.4, 0.5) is 0 Å². The fourth-order valence-electron chi connectivity index (χ4n) is 1.93. The van der Waals surface area contributed by atoms with Gasteiger partial charge in [-0.25, -0.2) is 12.4 Å². The summed E-state index contributed by atoms with van der Waals surface area (Å²) < 4.78 is 36.6. The summed E-state index contributed by atoms with van der Waals surface area (Å²) in [4.78, 5) is 0.254. The van der Waals surface area contributed by atoms with Crippen LogP contribution in [0.5, 0.6) is 0 Å². The Kier molecular flexibility index (Phi) is 4.59. The molecule has 0 saturated carbocycles. The molecule has 0 spiro atoms. The fraction of sp³-hybridized carbons (Fsp3) is 0.286. The smallest absolute Gasteiger partial charge is 0.267 e. The van der Waals surface area contributed by atoms with Gasteiger partial charge in [-0.2, -0.15) is 0 Å². The van der Waals surface area contributed by atoms with Crippen LogP contribution in [0.1, 0.15) is 5.69 Å². The third-order valence-corrected chi connectivity index (χ3v) is 4.74. The van der Waals surface area contributed by atoms with Crippen LogP contribution in [0.15, 0.2) is 53.6 Å². The van der Waals surface area contributed by atoms with Crippen LogP contribution in [-0.4, -0.2) is 32.9 Å². The van der Waals surface area contributed by atoms with Crippen LogP contribution in [0.2, 0.25) is 0 Å². The van der Waals surface area contributed by atoms with E-state index >= 15 is 0 Å². The molecular formula is C14H17NO4S. The highest BCUT2D eigenvalue weighted by atomic mass is 32.2. The molecule has 0 atom stereocenters. The van der Waals surface area contributed by atoms with Gasteiger partial charge in [0.1, 0.15) is 0 Å². The van der Waals surface area contributed by atoms with E-state index in [4.69, 9.17) is 9.47 Å². The molecule has 0 unspecified atom stereocenters. The van der Waals surface area contributed by atoms with Crippen LogP contribution in [0.25, 0.3) is 0 Å². The van der Waals surface area contributed by atoms with E-state index in [1.54, 1.807) is 42.5 Å². The van der Waals surface area contributed by atoms with Crippen molar-refractivity contribution in [3.8, 4) is 0 Å². The first kappa shape index (κ1) is 14.8. The predicted octanol–water partition coefficient (Wildman–Crippen LogP) is 1.89. The Balaban J connectivity index is 2.37. The zero-order chi connectivity index (χ0) is 14.6. The second-order valence-electron chi connectivity index (χ2n) is 4.22. The van der Waals surface area contributed by atoms with Crippen molar-refractivity contribution in [3.63, 3.8) is 0 Å². The Morgan fingerprint density at radius 2 is 1.70 bits per heavy atom. The van der Waals surface area contributed by atoms with Crippen molar-refractivity contribution in [1.82, 2.24) is 3.97 Å². The number of methoxy groups -OCH3 is 2. The van der Waals surface area contributed by atoms with Gasteiger partial charge >= 0.3 is 0 Å². The molecule has 1 heterocycles. The molecular weight excluding hydrogens is 278 g/mol. The zero-order valence-corrected chi connectivity index (χ0v) is 12.2. The van der Waals surface area contributed by atoms with Crippen molar-refractivity contribution in [1.29, 1.82) is 0 Å². The highest BCUT2D eigenvalue weighted by Crippen LogP contribution is 2.17. The minimum absolute atomic E-state index is 0.254. The summed E-state index contributed by atoms with van der Waals surface area (Å²) in [6.45, 7) is 0. The number of benzene rings is 1. The minimum atomic E-state index is -3.58. The van der Waals surface area contributed by atoms with E-state index in [-0.39, 0.29) is 4.90 Å². The average molecular weight is 295 g/mol. The topological polar surface area (TPSA) is 57.5 Å². The van der Waals surface area contributed by atoms with Crippen molar-refractivity contribution in [2.75, 3.05) is 14.2 Å². The van der Waals surface area contributed by atoms with Crippen LogP contribution >= 0.6 is 0 Å². The van der Waals surface area contributed by atoms with Crippen molar-refractivity contribution in [3.05, 3.63) is 54.4 Å². The van der Waals surface area contributed by atoms with Gasteiger partial charge < -0.3 is 9.47 Å². The van der Waals surface area contributed by atoms with Gasteiger partial charge in [0.15, 0.2) is 6.29 Å². The third kappa shape index (κ3) is 2.92. The van der Waals surface area contributed by atoms with E-state index in [2.05, 4.69) is 0 Å². The lowest BCUT2D eigenvalue weighted by Gasteiger charge is -2.15. The first-order valence-corrected chi connectivity index (χ1v) is 7.56. The summed E-state index contributed by atoms with van der Waals surface area (Å²) in [6.07, 6.45) is 1.40. The molecule has 0 amide bonds. The van der Waals surface area contributed by atoms with Crippen molar-refractivity contribution in [2.24, 2.45) is 0 Å². The van der Waals surface area contributed by atoms with Gasteiger partial charge in [-0.3, -0.25) is 0 Å². The van der Waals surface area contributed by atoms with Gasteiger partial charge in [0.2, 0.25) is 0 Å². The lowest BCUT2D eigenvalue weighted by molar-refractivity contribution is -0.101. The van der Waals surface area contributed by atoms with Crippen LogP contribution in [0, 0.1) is 0 Å². The summed E-state index contributed by atoms with van der Waals surface area (Å²) in [5.41, 5.74) is 0.613. The van der Waals surface area contributed by atoms with Crippen molar-refractivity contribution in [2.45, 2.75) is 17.6 Å². The Bertz CT molecular complexity index is 645.